The zero-order chi connectivity index (χ0) is 14.2. The molecule has 1 fully saturated rings. The van der Waals surface area contributed by atoms with Gasteiger partial charge in [0.05, 0.1) is 16.8 Å². The third-order valence-electron chi connectivity index (χ3n) is 3.61. The highest BCUT2D eigenvalue weighted by Crippen LogP contribution is 2.21. The molecule has 3 nitrogen and oxygen atoms in total. The van der Waals surface area contributed by atoms with E-state index in [1.54, 1.807) is 0 Å². The first-order valence-corrected chi connectivity index (χ1v) is 8.53. The minimum absolute atomic E-state index is 0.614. The van der Waals surface area contributed by atoms with E-state index in [0.29, 0.717) is 13.2 Å². The molecular weight excluding hydrogens is 365 g/mol. The van der Waals surface area contributed by atoms with Crippen molar-refractivity contribution in [2.45, 2.75) is 38.6 Å². The second-order valence-corrected chi connectivity index (χ2v) is 6.49. The third kappa shape index (κ3) is 5.58. The van der Waals surface area contributed by atoms with Crippen LogP contribution < -0.4 is 10.1 Å². The average molecular weight is 389 g/mol. The van der Waals surface area contributed by atoms with Crippen molar-refractivity contribution in [2.24, 2.45) is 0 Å². The van der Waals surface area contributed by atoms with Gasteiger partial charge in [-0.25, -0.2) is 0 Å². The standard InChI is InChI=1S/C16H24INO2/c1-13-6-7-16(15(17)12-13)20-11-10-19-9-8-18-14-4-2-3-5-14/h6-7,12,14,18H,2-5,8-11H2,1H3. The molecule has 2 rings (SSSR count). The van der Waals surface area contributed by atoms with Crippen molar-refractivity contribution in [3.05, 3.63) is 27.3 Å². The number of rotatable bonds is 8. The summed E-state index contributed by atoms with van der Waals surface area (Å²) in [4.78, 5) is 0. The molecule has 0 radical (unpaired) electrons. The fourth-order valence-corrected chi connectivity index (χ4v) is 3.33. The van der Waals surface area contributed by atoms with Crippen LogP contribution in [0.4, 0.5) is 0 Å². The van der Waals surface area contributed by atoms with Crippen LogP contribution in [0.1, 0.15) is 31.2 Å². The van der Waals surface area contributed by atoms with E-state index in [4.69, 9.17) is 9.47 Å². The summed E-state index contributed by atoms with van der Waals surface area (Å²) < 4.78 is 12.5. The monoisotopic (exact) mass is 389 g/mol. The summed E-state index contributed by atoms with van der Waals surface area (Å²) in [6, 6.07) is 6.95. The molecule has 1 aliphatic carbocycles. The summed E-state index contributed by atoms with van der Waals surface area (Å²) in [5.74, 6) is 0.948. The van der Waals surface area contributed by atoms with Gasteiger partial charge in [-0.1, -0.05) is 18.9 Å². The zero-order valence-corrected chi connectivity index (χ0v) is 14.3. The van der Waals surface area contributed by atoms with Gasteiger partial charge in [-0.3, -0.25) is 0 Å². The highest BCUT2D eigenvalue weighted by Gasteiger charge is 2.13. The highest BCUT2D eigenvalue weighted by molar-refractivity contribution is 14.1. The molecule has 1 N–H and O–H groups in total. The Hall–Kier alpha value is -0.330. The summed E-state index contributed by atoms with van der Waals surface area (Å²) in [6.45, 7) is 5.07. The molecule has 0 heterocycles. The molecular formula is C16H24INO2. The normalized spacial score (nSPS) is 15.7. The molecule has 1 aliphatic rings. The maximum Gasteiger partial charge on any atom is 0.132 e. The minimum atomic E-state index is 0.614. The van der Waals surface area contributed by atoms with Crippen LogP contribution in [-0.2, 0) is 4.74 Å². The van der Waals surface area contributed by atoms with Gasteiger partial charge in [-0.15, -0.1) is 0 Å². The van der Waals surface area contributed by atoms with E-state index in [1.165, 1.54) is 31.2 Å². The van der Waals surface area contributed by atoms with E-state index in [1.807, 2.05) is 6.07 Å². The quantitative estimate of drug-likeness (QED) is 0.545. The van der Waals surface area contributed by atoms with Crippen LogP contribution in [0.3, 0.4) is 0 Å². The first-order chi connectivity index (χ1) is 9.75. The summed E-state index contributed by atoms with van der Waals surface area (Å²) >= 11 is 2.31. The number of nitrogens with one attached hydrogen (secondary N) is 1. The largest absolute Gasteiger partial charge is 0.490 e. The number of hydrogen-bond donors (Lipinski definition) is 1. The minimum Gasteiger partial charge on any atom is -0.490 e. The van der Waals surface area contributed by atoms with E-state index in [-0.39, 0.29) is 0 Å². The lowest BCUT2D eigenvalue weighted by molar-refractivity contribution is 0.100. The van der Waals surface area contributed by atoms with Crippen molar-refractivity contribution >= 4 is 22.6 Å². The first kappa shape index (κ1) is 16.0. The maximum atomic E-state index is 5.72. The van der Waals surface area contributed by atoms with Gasteiger partial charge in [-0.2, -0.15) is 0 Å². The molecule has 20 heavy (non-hydrogen) atoms. The Kier molecular flexibility index (Phi) is 7.10. The van der Waals surface area contributed by atoms with Crippen molar-refractivity contribution in [3.8, 4) is 5.75 Å². The Morgan fingerprint density at radius 1 is 1.20 bits per heavy atom. The van der Waals surface area contributed by atoms with Crippen molar-refractivity contribution in [2.75, 3.05) is 26.4 Å². The summed E-state index contributed by atoms with van der Waals surface area (Å²) in [6.07, 6.45) is 5.41. The fourth-order valence-electron chi connectivity index (χ4n) is 2.50. The van der Waals surface area contributed by atoms with Gasteiger partial charge in [0.1, 0.15) is 12.4 Å². The lowest BCUT2D eigenvalue weighted by atomic mass is 10.2. The van der Waals surface area contributed by atoms with Crippen molar-refractivity contribution in [1.29, 1.82) is 0 Å². The van der Waals surface area contributed by atoms with Crippen LogP contribution in [-0.4, -0.2) is 32.4 Å². The average Bonchev–Trinajstić information content (AvgIpc) is 2.93. The summed E-state index contributed by atoms with van der Waals surface area (Å²) in [7, 11) is 0. The third-order valence-corrected chi connectivity index (χ3v) is 4.45. The summed E-state index contributed by atoms with van der Waals surface area (Å²) in [5.41, 5.74) is 1.26. The van der Waals surface area contributed by atoms with Gasteiger partial charge < -0.3 is 14.8 Å². The molecule has 0 atom stereocenters. The molecule has 4 heteroatoms. The maximum absolute atomic E-state index is 5.72. The Labute approximate surface area is 135 Å². The van der Waals surface area contributed by atoms with Crippen LogP contribution in [0.5, 0.6) is 5.75 Å². The molecule has 0 amide bonds. The van der Waals surface area contributed by atoms with Crippen molar-refractivity contribution in [3.63, 3.8) is 0 Å². The molecule has 0 saturated heterocycles. The van der Waals surface area contributed by atoms with Crippen molar-refractivity contribution in [1.82, 2.24) is 5.32 Å². The van der Waals surface area contributed by atoms with Gasteiger partial charge >= 0.3 is 0 Å². The van der Waals surface area contributed by atoms with Crippen LogP contribution in [0, 0.1) is 10.5 Å². The molecule has 1 aromatic carbocycles. The summed E-state index contributed by atoms with van der Waals surface area (Å²) in [5, 5.41) is 3.54. The Balaban J connectivity index is 1.50. The van der Waals surface area contributed by atoms with Crippen LogP contribution in [0.2, 0.25) is 0 Å². The van der Waals surface area contributed by atoms with E-state index >= 15 is 0 Å². The molecule has 112 valence electrons. The highest BCUT2D eigenvalue weighted by atomic mass is 127. The number of ether oxygens (including phenoxy) is 2. The Bertz CT molecular complexity index is 405. The number of aryl methyl sites for hydroxylation is 1. The topological polar surface area (TPSA) is 30.5 Å². The molecule has 0 bridgehead atoms. The number of hydrogen-bond acceptors (Lipinski definition) is 3. The Morgan fingerprint density at radius 2 is 2.00 bits per heavy atom. The number of benzene rings is 1. The van der Waals surface area contributed by atoms with Crippen LogP contribution >= 0.6 is 22.6 Å². The van der Waals surface area contributed by atoms with Gasteiger partial charge in [0.25, 0.3) is 0 Å². The van der Waals surface area contributed by atoms with Gasteiger partial charge in [0.2, 0.25) is 0 Å². The SMILES string of the molecule is Cc1ccc(OCCOCCNC2CCCC2)c(I)c1. The predicted molar refractivity (Wildman–Crippen MR) is 90.5 cm³/mol. The van der Waals surface area contributed by atoms with Crippen LogP contribution in [0.15, 0.2) is 18.2 Å². The lowest BCUT2D eigenvalue weighted by Crippen LogP contribution is -2.29. The molecule has 0 spiro atoms. The van der Waals surface area contributed by atoms with Gasteiger partial charge in [-0.05, 0) is 60.1 Å². The van der Waals surface area contributed by atoms with E-state index in [2.05, 4.69) is 47.0 Å². The Morgan fingerprint density at radius 3 is 2.75 bits per heavy atom. The molecule has 1 saturated carbocycles. The molecule has 0 aromatic heterocycles. The number of halogens is 1. The fraction of sp³-hybridized carbons (Fsp3) is 0.625. The molecule has 0 aliphatic heterocycles. The van der Waals surface area contributed by atoms with Crippen molar-refractivity contribution < 1.29 is 9.47 Å². The van der Waals surface area contributed by atoms with Gasteiger partial charge in [0.15, 0.2) is 0 Å². The molecule has 1 aromatic rings. The van der Waals surface area contributed by atoms with E-state index < -0.39 is 0 Å². The predicted octanol–water partition coefficient (Wildman–Crippen LogP) is 3.53. The molecule has 0 unspecified atom stereocenters. The van der Waals surface area contributed by atoms with E-state index in [0.717, 1.165) is 28.5 Å². The second-order valence-electron chi connectivity index (χ2n) is 5.33. The van der Waals surface area contributed by atoms with Crippen LogP contribution in [0.25, 0.3) is 0 Å². The first-order valence-electron chi connectivity index (χ1n) is 7.46. The van der Waals surface area contributed by atoms with E-state index in [9.17, 15) is 0 Å². The second kappa shape index (κ2) is 8.85. The van der Waals surface area contributed by atoms with Gasteiger partial charge in [0, 0.05) is 12.6 Å². The smallest absolute Gasteiger partial charge is 0.132 e. The zero-order valence-electron chi connectivity index (χ0n) is 12.2. The lowest BCUT2D eigenvalue weighted by Gasteiger charge is -2.12.